The number of hydrogen-bond donors (Lipinski definition) is 0. The number of para-hydroxylation sites is 1. The number of methoxy groups -OCH3 is 1. The van der Waals surface area contributed by atoms with E-state index in [2.05, 4.69) is 4.74 Å². The van der Waals surface area contributed by atoms with E-state index in [1.807, 2.05) is 0 Å². The zero-order valence-corrected chi connectivity index (χ0v) is 7.65. The molecule has 0 aliphatic carbocycles. The smallest absolute Gasteiger partial charge is 0.340 e. The maximum Gasteiger partial charge on any atom is 0.340 e. The number of hydrogen-bond acceptors (Lipinski definition) is 2. The Kier molecular flexibility index (Phi) is 1.33. The van der Waals surface area contributed by atoms with Gasteiger partial charge in [-0.25, -0.2) is 4.79 Å². The Morgan fingerprint density at radius 2 is 2.36 bits per heavy atom. The van der Waals surface area contributed by atoms with Gasteiger partial charge in [0.1, 0.15) is 0 Å². The lowest BCUT2D eigenvalue weighted by molar-refractivity contribution is 0.0602. The quantitative estimate of drug-likeness (QED) is 0.647. The molecular weight excluding hydrogens is 178 g/mol. The highest BCUT2D eigenvalue weighted by Crippen LogP contribution is 2.19. The molecule has 3 heteroatoms. The van der Waals surface area contributed by atoms with Gasteiger partial charge in [0, 0.05) is 22.7 Å². The van der Waals surface area contributed by atoms with Crippen molar-refractivity contribution < 1.29 is 13.6 Å². The van der Waals surface area contributed by atoms with Gasteiger partial charge < -0.3 is 9.30 Å². The number of ether oxygens (including phenoxy) is 1. The van der Waals surface area contributed by atoms with Crippen molar-refractivity contribution in [3.8, 4) is 0 Å². The van der Waals surface area contributed by atoms with Crippen LogP contribution in [0, 0.1) is 0 Å². The Morgan fingerprint density at radius 3 is 3.07 bits per heavy atom. The summed E-state index contributed by atoms with van der Waals surface area (Å²) in [7, 11) is 1.27. The molecule has 0 aliphatic rings. The first-order valence-corrected chi connectivity index (χ1v) is 4.14. The molecule has 0 spiro atoms. The van der Waals surface area contributed by atoms with Crippen molar-refractivity contribution >= 4 is 16.9 Å². The van der Waals surface area contributed by atoms with Crippen LogP contribution >= 0.6 is 0 Å². The van der Waals surface area contributed by atoms with E-state index in [1.54, 1.807) is 24.3 Å². The van der Waals surface area contributed by atoms with Gasteiger partial charge in [0.15, 0.2) is 0 Å². The summed E-state index contributed by atoms with van der Waals surface area (Å²) in [4.78, 5) is 11.6. The van der Waals surface area contributed by atoms with Crippen LogP contribution in [0.2, 0.25) is 0 Å². The Bertz CT molecular complexity index is 572. The number of benzene rings is 1. The summed E-state index contributed by atoms with van der Waals surface area (Å²) >= 11 is 0. The lowest BCUT2D eigenvalue weighted by Crippen LogP contribution is -2.03. The normalized spacial score (nSPS) is 14.5. The fourth-order valence-corrected chi connectivity index (χ4v) is 1.47. The zero-order chi connectivity index (χ0) is 12.6. The van der Waals surface area contributed by atoms with E-state index >= 15 is 0 Å². The summed E-state index contributed by atoms with van der Waals surface area (Å²) in [6.45, 7) is -2.31. The van der Waals surface area contributed by atoms with Gasteiger partial charge in [-0.2, -0.15) is 0 Å². The molecule has 0 saturated carbocycles. The Hall–Kier alpha value is -1.77. The minimum atomic E-state index is -2.31. The molecule has 0 aliphatic heterocycles. The second-order valence-corrected chi connectivity index (χ2v) is 2.92. The highest BCUT2D eigenvalue weighted by molar-refractivity contribution is 6.03. The van der Waals surface area contributed by atoms with Crippen molar-refractivity contribution in [1.29, 1.82) is 0 Å². The largest absolute Gasteiger partial charge is 0.465 e. The predicted molar refractivity (Wildman–Crippen MR) is 54.3 cm³/mol. The van der Waals surface area contributed by atoms with Gasteiger partial charge in [0.25, 0.3) is 0 Å². The molecule has 2 aromatic rings. The van der Waals surface area contributed by atoms with Crippen molar-refractivity contribution in [2.45, 2.75) is 0 Å². The molecule has 0 unspecified atom stereocenters. The summed E-state index contributed by atoms with van der Waals surface area (Å²) in [5.74, 6) is -0.542. The van der Waals surface area contributed by atoms with E-state index in [0.29, 0.717) is 10.9 Å². The van der Waals surface area contributed by atoms with Crippen LogP contribution < -0.4 is 0 Å². The number of fused-ring (bicyclic) bond motifs is 1. The SMILES string of the molecule is [2H]C([2H])([2H])n1ccc2cccc(C(=O)OC)c21. The number of carbonyl (C=O) groups excluding carboxylic acids is 1. The van der Waals surface area contributed by atoms with Crippen LogP contribution in [0.3, 0.4) is 0 Å². The average molecular weight is 192 g/mol. The lowest BCUT2D eigenvalue weighted by atomic mass is 10.1. The van der Waals surface area contributed by atoms with Crippen LogP contribution in [0.4, 0.5) is 0 Å². The van der Waals surface area contributed by atoms with Crippen LogP contribution in [0.15, 0.2) is 30.5 Å². The second kappa shape index (κ2) is 3.18. The molecule has 1 heterocycles. The molecule has 72 valence electrons. The van der Waals surface area contributed by atoms with Crippen molar-refractivity contribution in [2.24, 2.45) is 6.98 Å². The van der Waals surface area contributed by atoms with E-state index < -0.39 is 12.9 Å². The molecule has 0 amide bonds. The summed E-state index contributed by atoms with van der Waals surface area (Å²) in [6, 6.07) is 6.66. The summed E-state index contributed by atoms with van der Waals surface area (Å²) in [6.07, 6.45) is 1.45. The Morgan fingerprint density at radius 1 is 1.50 bits per heavy atom. The molecule has 0 fully saturated rings. The third-order valence-corrected chi connectivity index (χ3v) is 2.12. The van der Waals surface area contributed by atoms with Crippen LogP contribution in [-0.4, -0.2) is 17.6 Å². The van der Waals surface area contributed by atoms with Gasteiger partial charge in [-0.15, -0.1) is 0 Å². The fraction of sp³-hybridized carbons (Fsp3) is 0.182. The van der Waals surface area contributed by atoms with E-state index in [4.69, 9.17) is 4.11 Å². The molecule has 0 radical (unpaired) electrons. The highest BCUT2D eigenvalue weighted by Gasteiger charge is 2.11. The molecule has 14 heavy (non-hydrogen) atoms. The molecule has 2 rings (SSSR count). The predicted octanol–water partition coefficient (Wildman–Crippen LogP) is 1.96. The molecule has 1 aromatic heterocycles. The molecule has 0 N–H and O–H groups in total. The Labute approximate surface area is 86.1 Å². The van der Waals surface area contributed by atoms with Crippen molar-refractivity contribution in [3.63, 3.8) is 0 Å². The van der Waals surface area contributed by atoms with E-state index in [1.165, 1.54) is 13.3 Å². The summed E-state index contributed by atoms with van der Waals surface area (Å²) in [5.41, 5.74) is 0.630. The number of rotatable bonds is 1. The van der Waals surface area contributed by atoms with E-state index in [9.17, 15) is 4.79 Å². The van der Waals surface area contributed by atoms with E-state index in [0.717, 1.165) is 4.57 Å². The third-order valence-electron chi connectivity index (χ3n) is 2.12. The first-order valence-electron chi connectivity index (χ1n) is 5.64. The average Bonchev–Trinajstić information content (AvgIpc) is 2.70. The first-order chi connectivity index (χ1) is 7.95. The van der Waals surface area contributed by atoms with Crippen molar-refractivity contribution in [2.75, 3.05) is 7.11 Å². The minimum Gasteiger partial charge on any atom is -0.465 e. The van der Waals surface area contributed by atoms with Crippen LogP contribution in [-0.2, 0) is 11.7 Å². The summed E-state index contributed by atoms with van der Waals surface area (Å²) in [5, 5.41) is 0.698. The van der Waals surface area contributed by atoms with Gasteiger partial charge in [0.2, 0.25) is 0 Å². The minimum absolute atomic E-state index is 0.256. The maximum atomic E-state index is 11.6. The number of aromatic nitrogens is 1. The van der Waals surface area contributed by atoms with Gasteiger partial charge >= 0.3 is 5.97 Å². The number of carbonyl (C=O) groups is 1. The highest BCUT2D eigenvalue weighted by atomic mass is 16.5. The third kappa shape index (κ3) is 1.18. The van der Waals surface area contributed by atoms with Crippen molar-refractivity contribution in [3.05, 3.63) is 36.0 Å². The molecule has 0 saturated heterocycles. The molecule has 3 nitrogen and oxygen atoms in total. The maximum absolute atomic E-state index is 11.6. The number of nitrogens with zero attached hydrogens (tertiary/aromatic N) is 1. The first kappa shape index (κ1) is 5.86. The van der Waals surface area contributed by atoms with Crippen LogP contribution in [0.25, 0.3) is 10.9 Å². The van der Waals surface area contributed by atoms with Gasteiger partial charge in [0.05, 0.1) is 18.2 Å². The fourth-order valence-electron chi connectivity index (χ4n) is 1.47. The van der Waals surface area contributed by atoms with Gasteiger partial charge in [-0.1, -0.05) is 12.1 Å². The standard InChI is InChI=1S/C11H11NO2/c1-12-7-6-8-4-3-5-9(10(8)12)11(13)14-2/h3-7H,1-2H3/i1D3. The molecule has 0 atom stereocenters. The molecular formula is C11H11NO2. The zero-order valence-electron chi connectivity index (χ0n) is 10.7. The van der Waals surface area contributed by atoms with Gasteiger partial charge in [-0.05, 0) is 12.1 Å². The van der Waals surface area contributed by atoms with Crippen LogP contribution in [0.1, 0.15) is 14.5 Å². The number of aryl methyl sites for hydroxylation is 1. The lowest BCUT2D eigenvalue weighted by Gasteiger charge is -2.03. The number of esters is 1. The summed E-state index contributed by atoms with van der Waals surface area (Å²) < 4.78 is 28.0. The second-order valence-electron chi connectivity index (χ2n) is 2.92. The topological polar surface area (TPSA) is 31.2 Å². The van der Waals surface area contributed by atoms with E-state index in [-0.39, 0.29) is 5.56 Å². The Balaban J connectivity index is 2.77. The van der Waals surface area contributed by atoms with Crippen LogP contribution in [0.5, 0.6) is 0 Å². The van der Waals surface area contributed by atoms with Gasteiger partial charge in [-0.3, -0.25) is 0 Å². The monoisotopic (exact) mass is 192 g/mol. The molecule has 1 aromatic carbocycles. The van der Waals surface area contributed by atoms with Crippen molar-refractivity contribution in [1.82, 2.24) is 4.57 Å². The molecule has 0 bridgehead atoms.